The third kappa shape index (κ3) is 4.57. The van der Waals surface area contributed by atoms with Gasteiger partial charge in [0.15, 0.2) is 0 Å². The normalized spacial score (nSPS) is 22.1. The minimum Gasteiger partial charge on any atom is -0.495 e. The van der Waals surface area contributed by atoms with E-state index in [2.05, 4.69) is 24.9 Å². The van der Waals surface area contributed by atoms with Gasteiger partial charge in [0.2, 0.25) is 0 Å². The van der Waals surface area contributed by atoms with Gasteiger partial charge in [-0.3, -0.25) is 0 Å². The second-order valence-corrected chi connectivity index (χ2v) is 10.3. The first-order valence-corrected chi connectivity index (χ1v) is 12.3. The molecular weight excluding hydrogens is 420 g/mol. The fraction of sp³-hybridized carbons (Fsp3) is 0.500. The van der Waals surface area contributed by atoms with Crippen LogP contribution in [0.5, 0.6) is 5.75 Å². The summed E-state index contributed by atoms with van der Waals surface area (Å²) in [6.45, 7) is 4.35. The van der Waals surface area contributed by atoms with Crippen LogP contribution < -0.4 is 10.5 Å². The number of anilines is 1. The Kier molecular flexibility index (Phi) is 6.91. The molecule has 1 saturated carbocycles. The molecule has 32 heavy (non-hydrogen) atoms. The molecule has 0 unspecified atom stereocenters. The number of methoxy groups -OCH3 is 2. The number of carbonyl (C=O) groups excluding carboxylic acids is 1. The molecule has 0 saturated heterocycles. The first-order valence-electron chi connectivity index (χ1n) is 11.5. The molecule has 2 aromatic rings. The van der Waals surface area contributed by atoms with Crippen molar-refractivity contribution in [2.24, 2.45) is 11.8 Å². The van der Waals surface area contributed by atoms with Crippen LogP contribution in [0.25, 0.3) is 16.0 Å². The average molecular weight is 455 g/mol. The molecule has 2 N–H and O–H groups in total. The third-order valence-electron chi connectivity index (χ3n) is 7.03. The molecule has 1 aliphatic heterocycles. The van der Waals surface area contributed by atoms with E-state index < -0.39 is 0 Å². The van der Waals surface area contributed by atoms with Crippen LogP contribution in [0, 0.1) is 11.8 Å². The van der Waals surface area contributed by atoms with Crippen LogP contribution in [0.4, 0.5) is 5.69 Å². The smallest absolute Gasteiger partial charge is 0.348 e. The monoisotopic (exact) mass is 454 g/mol. The summed E-state index contributed by atoms with van der Waals surface area (Å²) in [4.78, 5) is 16.9. The number of nitrogens with two attached hydrogens (primary N) is 1. The Hall–Kier alpha value is -2.31. The Balaban J connectivity index is 1.81. The summed E-state index contributed by atoms with van der Waals surface area (Å²) in [5.41, 5.74) is 11.5. The summed E-state index contributed by atoms with van der Waals surface area (Å²) in [6.07, 6.45) is 6.02. The van der Waals surface area contributed by atoms with Crippen LogP contribution in [-0.2, 0) is 4.74 Å². The van der Waals surface area contributed by atoms with E-state index in [1.165, 1.54) is 55.3 Å². The van der Waals surface area contributed by atoms with Gasteiger partial charge in [-0.05, 0) is 73.1 Å². The van der Waals surface area contributed by atoms with Gasteiger partial charge in [0.25, 0.3) is 0 Å². The molecule has 0 bridgehead atoms. The van der Waals surface area contributed by atoms with Gasteiger partial charge in [-0.25, -0.2) is 4.79 Å². The maximum atomic E-state index is 12.8. The zero-order valence-electron chi connectivity index (χ0n) is 19.6. The Labute approximate surface area is 195 Å². The maximum absolute atomic E-state index is 12.8. The molecule has 1 aromatic carbocycles. The zero-order valence-corrected chi connectivity index (χ0v) is 20.4. The number of thiophene rings is 1. The van der Waals surface area contributed by atoms with Crippen molar-refractivity contribution < 1.29 is 14.3 Å². The summed E-state index contributed by atoms with van der Waals surface area (Å²) in [5, 5.41) is 0. The number of nitrogen functional groups attached to an aromatic ring is 1. The highest BCUT2D eigenvalue weighted by atomic mass is 32.1. The van der Waals surface area contributed by atoms with E-state index in [1.54, 1.807) is 7.11 Å². The maximum Gasteiger partial charge on any atom is 0.348 e. The fourth-order valence-electron chi connectivity index (χ4n) is 5.09. The number of hydrogen-bond acceptors (Lipinski definition) is 6. The van der Waals surface area contributed by atoms with Gasteiger partial charge in [-0.1, -0.05) is 25.8 Å². The van der Waals surface area contributed by atoms with E-state index in [9.17, 15) is 4.79 Å². The highest BCUT2D eigenvalue weighted by Crippen LogP contribution is 2.44. The number of rotatable bonds is 5. The second-order valence-electron chi connectivity index (χ2n) is 9.25. The average Bonchev–Trinajstić information content (AvgIpc) is 3.24. The van der Waals surface area contributed by atoms with Gasteiger partial charge in [0.1, 0.15) is 10.6 Å². The second kappa shape index (κ2) is 9.67. The molecule has 1 fully saturated rings. The van der Waals surface area contributed by atoms with E-state index in [-0.39, 0.29) is 5.97 Å². The first kappa shape index (κ1) is 22.9. The molecule has 4 rings (SSSR count). The molecule has 0 radical (unpaired) electrons. The molecule has 0 amide bonds. The van der Waals surface area contributed by atoms with Gasteiger partial charge in [-0.15, -0.1) is 11.3 Å². The number of benzene rings is 1. The van der Waals surface area contributed by atoms with Crippen LogP contribution in [0.15, 0.2) is 29.8 Å². The molecule has 1 aromatic heterocycles. The van der Waals surface area contributed by atoms with Crippen molar-refractivity contribution in [1.82, 2.24) is 4.90 Å². The van der Waals surface area contributed by atoms with Gasteiger partial charge in [0, 0.05) is 23.5 Å². The molecule has 172 valence electrons. The van der Waals surface area contributed by atoms with Crippen LogP contribution in [0.2, 0.25) is 0 Å². The standard InChI is InChI=1S/C26H34N2O3S/c1-16-5-7-17(8-6-16)21-15-28(2)12-11-19(21)20-14-24(32-25(20)26(29)31-4)18-9-10-22(27)23(13-18)30-3/h9-10,13-14,16-17H,5-8,11-12,15,27H2,1-4H3. The molecular formula is C26H34N2O3S. The Morgan fingerprint density at radius 3 is 2.59 bits per heavy atom. The number of hydrogen-bond donors (Lipinski definition) is 1. The van der Waals surface area contributed by atoms with E-state index in [1.807, 2.05) is 18.2 Å². The molecule has 1 aliphatic carbocycles. The summed E-state index contributed by atoms with van der Waals surface area (Å²) in [7, 11) is 5.28. The molecule has 5 nitrogen and oxygen atoms in total. The fourth-order valence-corrected chi connectivity index (χ4v) is 6.19. The Morgan fingerprint density at radius 1 is 1.16 bits per heavy atom. The van der Waals surface area contributed by atoms with Gasteiger partial charge in [-0.2, -0.15) is 0 Å². The van der Waals surface area contributed by atoms with E-state index >= 15 is 0 Å². The topological polar surface area (TPSA) is 64.8 Å². The SMILES string of the molecule is COC(=O)c1sc(-c2ccc(N)c(OC)c2)cc1C1=C(C2CCC(C)CC2)CN(C)CC1. The quantitative estimate of drug-likeness (QED) is 0.463. The van der Waals surface area contributed by atoms with Crippen molar-refractivity contribution in [2.75, 3.05) is 40.1 Å². The predicted octanol–water partition coefficient (Wildman–Crippen LogP) is 5.71. The summed E-state index contributed by atoms with van der Waals surface area (Å²) in [6, 6.07) is 7.96. The van der Waals surface area contributed by atoms with Crippen molar-refractivity contribution in [1.29, 1.82) is 0 Å². The highest BCUT2D eigenvalue weighted by molar-refractivity contribution is 7.17. The lowest BCUT2D eigenvalue weighted by Crippen LogP contribution is -2.31. The molecule has 0 atom stereocenters. The first-order chi connectivity index (χ1) is 15.4. The number of carbonyl (C=O) groups is 1. The van der Waals surface area contributed by atoms with Crippen LogP contribution in [-0.4, -0.2) is 45.2 Å². The lowest BCUT2D eigenvalue weighted by Gasteiger charge is -2.35. The molecule has 0 spiro atoms. The zero-order chi connectivity index (χ0) is 22.8. The summed E-state index contributed by atoms with van der Waals surface area (Å²) in [5.74, 6) is 1.80. The van der Waals surface area contributed by atoms with Crippen molar-refractivity contribution in [3.8, 4) is 16.2 Å². The molecule has 6 heteroatoms. The Morgan fingerprint density at radius 2 is 1.91 bits per heavy atom. The van der Waals surface area contributed by atoms with E-state index in [0.29, 0.717) is 22.2 Å². The van der Waals surface area contributed by atoms with Crippen LogP contribution >= 0.6 is 11.3 Å². The van der Waals surface area contributed by atoms with Crippen molar-refractivity contribution in [3.63, 3.8) is 0 Å². The number of esters is 1. The summed E-state index contributed by atoms with van der Waals surface area (Å²) >= 11 is 1.50. The van der Waals surface area contributed by atoms with Gasteiger partial charge in [0.05, 0.1) is 19.9 Å². The Bertz CT molecular complexity index is 1020. The van der Waals surface area contributed by atoms with Crippen molar-refractivity contribution in [3.05, 3.63) is 40.3 Å². The molecule has 2 heterocycles. The molecule has 2 aliphatic rings. The summed E-state index contributed by atoms with van der Waals surface area (Å²) < 4.78 is 10.6. The predicted molar refractivity (Wildman–Crippen MR) is 132 cm³/mol. The minimum absolute atomic E-state index is 0.262. The van der Waals surface area contributed by atoms with Crippen molar-refractivity contribution in [2.45, 2.75) is 39.0 Å². The highest BCUT2D eigenvalue weighted by Gasteiger charge is 2.30. The lowest BCUT2D eigenvalue weighted by atomic mass is 9.75. The number of ether oxygens (including phenoxy) is 2. The van der Waals surface area contributed by atoms with Crippen LogP contribution in [0.3, 0.4) is 0 Å². The largest absolute Gasteiger partial charge is 0.495 e. The lowest BCUT2D eigenvalue weighted by molar-refractivity contribution is 0.0606. The van der Waals surface area contributed by atoms with Crippen molar-refractivity contribution >= 4 is 28.6 Å². The third-order valence-corrected chi connectivity index (χ3v) is 8.19. The number of likely N-dealkylation sites (N-methyl/N-ethyl adjacent to an activating group) is 1. The van der Waals surface area contributed by atoms with Gasteiger partial charge < -0.3 is 20.1 Å². The number of nitrogens with zero attached hydrogens (tertiary/aromatic N) is 1. The minimum atomic E-state index is -0.262. The van der Waals surface area contributed by atoms with Gasteiger partial charge >= 0.3 is 5.97 Å². The van der Waals surface area contributed by atoms with E-state index in [0.717, 1.165) is 41.4 Å². The van der Waals surface area contributed by atoms with Crippen LogP contribution in [0.1, 0.15) is 54.3 Å². The van der Waals surface area contributed by atoms with E-state index in [4.69, 9.17) is 15.2 Å².